The third-order valence-electron chi connectivity index (χ3n) is 1.32. The maximum Gasteiger partial charge on any atom is 0.336 e. The largest absolute Gasteiger partial charge is 0.461 e. The highest BCUT2D eigenvalue weighted by molar-refractivity contribution is 5.74. The lowest BCUT2D eigenvalue weighted by atomic mass is 10.4. The van der Waals surface area contributed by atoms with Crippen molar-refractivity contribution in [2.75, 3.05) is 26.4 Å². The van der Waals surface area contributed by atoms with E-state index in [0.29, 0.717) is 13.2 Å². The topological polar surface area (TPSA) is 81.8 Å². The Morgan fingerprint density at radius 2 is 2.15 bits per heavy atom. The maximum atomic E-state index is 10.8. The van der Waals surface area contributed by atoms with E-state index in [4.69, 9.17) is 15.6 Å². The lowest BCUT2D eigenvalue weighted by Gasteiger charge is -2.08. The lowest BCUT2D eigenvalue weighted by Crippen LogP contribution is -2.31. The zero-order valence-electron chi connectivity index (χ0n) is 7.86. The molecule has 5 heteroatoms. The Bertz CT molecular complexity index is 140. The van der Waals surface area contributed by atoms with E-state index in [2.05, 4.69) is 4.74 Å². The first kappa shape index (κ1) is 12.3. The monoisotopic (exact) mass is 191 g/mol. The van der Waals surface area contributed by atoms with Gasteiger partial charge in [0.15, 0.2) is 6.10 Å². The Morgan fingerprint density at radius 1 is 1.46 bits per heavy atom. The molecular formula is C8H17NO4. The molecule has 78 valence electrons. The van der Waals surface area contributed by atoms with E-state index in [1.54, 1.807) is 0 Å². The van der Waals surface area contributed by atoms with Gasteiger partial charge in [0.1, 0.15) is 6.61 Å². The third kappa shape index (κ3) is 6.51. The highest BCUT2D eigenvalue weighted by Gasteiger charge is 2.13. The summed E-state index contributed by atoms with van der Waals surface area (Å²) in [7, 11) is 0. The molecule has 0 saturated heterocycles. The molecule has 3 N–H and O–H groups in total. The van der Waals surface area contributed by atoms with Gasteiger partial charge in [0.25, 0.3) is 0 Å². The van der Waals surface area contributed by atoms with Crippen molar-refractivity contribution < 1.29 is 19.4 Å². The Morgan fingerprint density at radius 3 is 2.69 bits per heavy atom. The molecule has 0 saturated carbocycles. The molecule has 13 heavy (non-hydrogen) atoms. The summed E-state index contributed by atoms with van der Waals surface area (Å²) in [5, 5.41) is 8.89. The van der Waals surface area contributed by atoms with E-state index in [0.717, 1.165) is 6.42 Å². The average molecular weight is 191 g/mol. The van der Waals surface area contributed by atoms with E-state index >= 15 is 0 Å². The fourth-order valence-corrected chi connectivity index (χ4v) is 0.640. The predicted molar refractivity (Wildman–Crippen MR) is 47.1 cm³/mol. The van der Waals surface area contributed by atoms with Crippen LogP contribution in [-0.2, 0) is 14.3 Å². The summed E-state index contributed by atoms with van der Waals surface area (Å²) in [6, 6.07) is 0. The van der Waals surface area contributed by atoms with E-state index < -0.39 is 12.1 Å². The first-order chi connectivity index (χ1) is 6.22. The van der Waals surface area contributed by atoms with Gasteiger partial charge in [-0.15, -0.1) is 0 Å². The molecule has 0 aromatic heterocycles. The number of aliphatic hydroxyl groups excluding tert-OH is 1. The zero-order chi connectivity index (χ0) is 10.1. The fourth-order valence-electron chi connectivity index (χ4n) is 0.640. The van der Waals surface area contributed by atoms with Crippen molar-refractivity contribution in [3.8, 4) is 0 Å². The molecule has 0 spiro atoms. The molecule has 1 unspecified atom stereocenters. The van der Waals surface area contributed by atoms with Crippen LogP contribution in [0.4, 0.5) is 0 Å². The second-order valence-corrected chi connectivity index (χ2v) is 2.53. The van der Waals surface area contributed by atoms with Crippen LogP contribution in [0.2, 0.25) is 0 Å². The van der Waals surface area contributed by atoms with Crippen molar-refractivity contribution in [2.24, 2.45) is 5.73 Å². The van der Waals surface area contributed by atoms with Gasteiger partial charge in [-0.05, 0) is 6.42 Å². The number of nitrogens with two attached hydrogens (primary N) is 1. The van der Waals surface area contributed by atoms with E-state index in [-0.39, 0.29) is 13.2 Å². The first-order valence-electron chi connectivity index (χ1n) is 4.34. The van der Waals surface area contributed by atoms with Crippen molar-refractivity contribution in [1.29, 1.82) is 0 Å². The van der Waals surface area contributed by atoms with Crippen molar-refractivity contribution in [3.63, 3.8) is 0 Å². The number of rotatable bonds is 7. The first-order valence-corrected chi connectivity index (χ1v) is 4.34. The van der Waals surface area contributed by atoms with Gasteiger partial charge in [0.05, 0.1) is 6.61 Å². The van der Waals surface area contributed by atoms with Crippen LogP contribution in [0, 0.1) is 0 Å². The van der Waals surface area contributed by atoms with Gasteiger partial charge in [-0.2, -0.15) is 0 Å². The second kappa shape index (κ2) is 7.97. The van der Waals surface area contributed by atoms with Crippen LogP contribution in [-0.4, -0.2) is 43.5 Å². The molecule has 0 aliphatic carbocycles. The lowest BCUT2D eigenvalue weighted by molar-refractivity contribution is -0.154. The molecule has 0 heterocycles. The smallest absolute Gasteiger partial charge is 0.336 e. The Labute approximate surface area is 77.8 Å². The molecular weight excluding hydrogens is 174 g/mol. The van der Waals surface area contributed by atoms with Gasteiger partial charge in [0, 0.05) is 13.2 Å². The molecule has 0 aromatic carbocycles. The molecule has 0 fully saturated rings. The summed E-state index contributed by atoms with van der Waals surface area (Å²) >= 11 is 0. The van der Waals surface area contributed by atoms with Crippen molar-refractivity contribution in [3.05, 3.63) is 0 Å². The standard InChI is InChI=1S/C8H17NO4/c1-2-3-12-4-5-13-8(11)7(10)6-9/h7,10H,2-6,9H2,1H3. The van der Waals surface area contributed by atoms with Crippen LogP contribution in [0.5, 0.6) is 0 Å². The minimum absolute atomic E-state index is 0.116. The van der Waals surface area contributed by atoms with Crippen molar-refractivity contribution in [1.82, 2.24) is 0 Å². The number of hydrogen-bond acceptors (Lipinski definition) is 5. The second-order valence-electron chi connectivity index (χ2n) is 2.53. The minimum atomic E-state index is -1.22. The van der Waals surface area contributed by atoms with Crippen LogP contribution in [0.25, 0.3) is 0 Å². The summed E-state index contributed by atoms with van der Waals surface area (Å²) in [5.74, 6) is -0.692. The van der Waals surface area contributed by atoms with Gasteiger partial charge >= 0.3 is 5.97 Å². The van der Waals surface area contributed by atoms with Gasteiger partial charge in [0.2, 0.25) is 0 Å². The van der Waals surface area contributed by atoms with Gasteiger partial charge < -0.3 is 20.3 Å². The normalized spacial score (nSPS) is 12.5. The Balaban J connectivity index is 3.27. The average Bonchev–Trinajstić information content (AvgIpc) is 2.16. The number of aliphatic hydroxyl groups is 1. The number of carbonyl (C=O) groups is 1. The summed E-state index contributed by atoms with van der Waals surface area (Å²) in [5.41, 5.74) is 5.04. The van der Waals surface area contributed by atoms with E-state index in [9.17, 15) is 4.79 Å². The molecule has 0 aliphatic heterocycles. The molecule has 0 radical (unpaired) electrons. The van der Waals surface area contributed by atoms with Crippen LogP contribution in [0.15, 0.2) is 0 Å². The molecule has 0 aromatic rings. The van der Waals surface area contributed by atoms with Crippen LogP contribution in [0.3, 0.4) is 0 Å². The third-order valence-corrected chi connectivity index (χ3v) is 1.32. The van der Waals surface area contributed by atoms with Crippen molar-refractivity contribution in [2.45, 2.75) is 19.4 Å². The zero-order valence-corrected chi connectivity index (χ0v) is 7.86. The molecule has 0 rings (SSSR count). The van der Waals surface area contributed by atoms with E-state index in [1.807, 2.05) is 6.92 Å². The number of hydrogen-bond donors (Lipinski definition) is 2. The predicted octanol–water partition coefficient (Wildman–Crippen LogP) is -0.724. The maximum absolute atomic E-state index is 10.8. The van der Waals surface area contributed by atoms with Gasteiger partial charge in [-0.3, -0.25) is 0 Å². The number of carbonyl (C=O) groups excluding carboxylic acids is 1. The van der Waals surface area contributed by atoms with Crippen LogP contribution < -0.4 is 5.73 Å². The summed E-state index contributed by atoms with van der Waals surface area (Å²) in [6.45, 7) is 3.04. The fraction of sp³-hybridized carbons (Fsp3) is 0.875. The number of esters is 1. The minimum Gasteiger partial charge on any atom is -0.461 e. The SMILES string of the molecule is CCCOCCOC(=O)C(O)CN. The molecule has 0 amide bonds. The van der Waals surface area contributed by atoms with Gasteiger partial charge in [-0.1, -0.05) is 6.92 Å². The quantitative estimate of drug-likeness (QED) is 0.410. The highest BCUT2D eigenvalue weighted by atomic mass is 16.6. The molecule has 5 nitrogen and oxygen atoms in total. The van der Waals surface area contributed by atoms with E-state index in [1.165, 1.54) is 0 Å². The molecule has 1 atom stereocenters. The molecule has 0 bridgehead atoms. The van der Waals surface area contributed by atoms with Crippen LogP contribution in [0.1, 0.15) is 13.3 Å². The Kier molecular flexibility index (Phi) is 7.57. The summed E-state index contributed by atoms with van der Waals surface area (Å²) < 4.78 is 9.70. The molecule has 0 aliphatic rings. The Hall–Kier alpha value is -0.650. The van der Waals surface area contributed by atoms with Crippen molar-refractivity contribution >= 4 is 5.97 Å². The highest BCUT2D eigenvalue weighted by Crippen LogP contribution is 1.87. The summed E-state index contributed by atoms with van der Waals surface area (Å²) in [4.78, 5) is 10.8. The van der Waals surface area contributed by atoms with Crippen LogP contribution >= 0.6 is 0 Å². The van der Waals surface area contributed by atoms with Gasteiger partial charge in [-0.25, -0.2) is 4.79 Å². The summed E-state index contributed by atoms with van der Waals surface area (Å²) in [6.07, 6.45) is -0.287. The number of ether oxygens (including phenoxy) is 2.